The molecular formula is C15H20ClFO2. The third-order valence-electron chi connectivity index (χ3n) is 3.70. The van der Waals surface area contributed by atoms with Gasteiger partial charge in [-0.25, -0.2) is 4.39 Å². The fraction of sp³-hybridized carbons (Fsp3) is 0.600. The van der Waals surface area contributed by atoms with E-state index in [2.05, 4.69) is 0 Å². The van der Waals surface area contributed by atoms with Crippen LogP contribution in [0.2, 0.25) is 5.02 Å². The Balaban J connectivity index is 1.81. The number of hydrogen-bond donors (Lipinski definition) is 1. The van der Waals surface area contributed by atoms with Crippen molar-refractivity contribution in [3.05, 3.63) is 34.6 Å². The average molecular weight is 287 g/mol. The minimum absolute atomic E-state index is 0.279. The van der Waals surface area contributed by atoms with Gasteiger partial charge in [0.1, 0.15) is 5.82 Å². The van der Waals surface area contributed by atoms with Crippen LogP contribution >= 0.6 is 11.6 Å². The molecule has 1 aromatic rings. The highest BCUT2D eigenvalue weighted by molar-refractivity contribution is 6.31. The summed E-state index contributed by atoms with van der Waals surface area (Å²) in [5.41, 5.74) is 0.414. The number of benzene rings is 1. The van der Waals surface area contributed by atoms with E-state index >= 15 is 0 Å². The van der Waals surface area contributed by atoms with E-state index in [4.69, 9.17) is 16.3 Å². The van der Waals surface area contributed by atoms with Crippen LogP contribution < -0.4 is 0 Å². The molecule has 19 heavy (non-hydrogen) atoms. The summed E-state index contributed by atoms with van der Waals surface area (Å²) in [6.45, 7) is 2.73. The van der Waals surface area contributed by atoms with Crippen LogP contribution in [0.3, 0.4) is 0 Å². The van der Waals surface area contributed by atoms with Crippen LogP contribution in [0.25, 0.3) is 0 Å². The molecular weight excluding hydrogens is 267 g/mol. The molecule has 1 aliphatic carbocycles. The molecule has 0 amide bonds. The molecule has 0 aromatic heterocycles. The topological polar surface area (TPSA) is 29.5 Å². The molecule has 2 nitrogen and oxygen atoms in total. The maximum Gasteiger partial charge on any atom is 0.127 e. The van der Waals surface area contributed by atoms with E-state index < -0.39 is 6.10 Å². The smallest absolute Gasteiger partial charge is 0.127 e. The third-order valence-corrected chi connectivity index (χ3v) is 4.06. The lowest BCUT2D eigenvalue weighted by molar-refractivity contribution is -0.0376. The summed E-state index contributed by atoms with van der Waals surface area (Å²) >= 11 is 5.95. The van der Waals surface area contributed by atoms with Crippen molar-refractivity contribution in [3.8, 4) is 0 Å². The van der Waals surface area contributed by atoms with Crippen LogP contribution in [-0.4, -0.2) is 23.9 Å². The van der Waals surface area contributed by atoms with Crippen LogP contribution in [0, 0.1) is 11.7 Å². The number of ether oxygens (including phenoxy) is 1. The van der Waals surface area contributed by atoms with E-state index in [9.17, 15) is 9.50 Å². The standard InChI is InChI=1S/C15H20ClFO2/c1-2-19-12-7-10(8-12)6-11(18)9-13-14(16)4-3-5-15(13)17/h3-5,10-12,18H,2,6-9H2,1H3. The third kappa shape index (κ3) is 3.91. The van der Waals surface area contributed by atoms with Crippen molar-refractivity contribution in [2.24, 2.45) is 5.92 Å². The number of aliphatic hydroxyl groups is 1. The summed E-state index contributed by atoms with van der Waals surface area (Å²) in [5, 5.41) is 10.4. The van der Waals surface area contributed by atoms with Gasteiger partial charge in [0.2, 0.25) is 0 Å². The molecule has 1 saturated carbocycles. The Hall–Kier alpha value is -0.640. The van der Waals surface area contributed by atoms with Gasteiger partial charge in [-0.15, -0.1) is 0 Å². The number of aliphatic hydroxyl groups excluding tert-OH is 1. The maximum absolute atomic E-state index is 13.6. The molecule has 0 saturated heterocycles. The monoisotopic (exact) mass is 286 g/mol. The van der Waals surface area contributed by atoms with Crippen molar-refractivity contribution < 1.29 is 14.2 Å². The van der Waals surface area contributed by atoms with Crippen LogP contribution in [0.1, 0.15) is 31.7 Å². The molecule has 1 aromatic carbocycles. The van der Waals surface area contributed by atoms with E-state index in [-0.39, 0.29) is 12.2 Å². The summed E-state index contributed by atoms with van der Waals surface area (Å²) in [6, 6.07) is 4.61. The zero-order valence-corrected chi connectivity index (χ0v) is 11.9. The Morgan fingerprint density at radius 1 is 1.47 bits per heavy atom. The second-order valence-electron chi connectivity index (χ2n) is 5.21. The highest BCUT2D eigenvalue weighted by atomic mass is 35.5. The van der Waals surface area contributed by atoms with Crippen molar-refractivity contribution in [2.45, 2.75) is 44.8 Å². The summed E-state index contributed by atoms with van der Waals surface area (Å²) in [4.78, 5) is 0. The quantitative estimate of drug-likeness (QED) is 0.866. The summed E-state index contributed by atoms with van der Waals surface area (Å²) in [5.74, 6) is 0.143. The molecule has 1 unspecified atom stereocenters. The number of halogens is 2. The Kier molecular flexibility index (Phi) is 5.20. The molecule has 0 spiro atoms. The van der Waals surface area contributed by atoms with Crippen LogP contribution in [0.4, 0.5) is 4.39 Å². The Morgan fingerprint density at radius 3 is 2.84 bits per heavy atom. The van der Waals surface area contributed by atoms with Gasteiger partial charge in [-0.1, -0.05) is 17.7 Å². The van der Waals surface area contributed by atoms with Crippen LogP contribution in [0.5, 0.6) is 0 Å². The molecule has 0 heterocycles. The molecule has 1 N–H and O–H groups in total. The first kappa shape index (κ1) is 14.8. The lowest BCUT2D eigenvalue weighted by Gasteiger charge is -2.36. The highest BCUT2D eigenvalue weighted by Crippen LogP contribution is 2.34. The minimum Gasteiger partial charge on any atom is -0.393 e. The first-order chi connectivity index (χ1) is 9.10. The van der Waals surface area contributed by atoms with E-state index in [1.807, 2.05) is 6.92 Å². The van der Waals surface area contributed by atoms with Crippen LogP contribution in [-0.2, 0) is 11.2 Å². The van der Waals surface area contributed by atoms with Gasteiger partial charge < -0.3 is 9.84 Å². The Labute approximate surface area is 118 Å². The number of rotatable bonds is 6. The lowest BCUT2D eigenvalue weighted by Crippen LogP contribution is -2.34. The van der Waals surface area contributed by atoms with Gasteiger partial charge in [0.15, 0.2) is 0 Å². The zero-order chi connectivity index (χ0) is 13.8. The SMILES string of the molecule is CCOC1CC(CC(O)Cc2c(F)cccc2Cl)C1. The average Bonchev–Trinajstić information content (AvgIpc) is 2.31. The highest BCUT2D eigenvalue weighted by Gasteiger charge is 2.31. The first-order valence-corrected chi connectivity index (χ1v) is 7.20. The van der Waals surface area contributed by atoms with E-state index in [0.717, 1.165) is 19.4 Å². The van der Waals surface area contributed by atoms with Gasteiger partial charge in [-0.3, -0.25) is 0 Å². The maximum atomic E-state index is 13.6. The second-order valence-corrected chi connectivity index (χ2v) is 5.62. The van der Waals surface area contributed by atoms with Gasteiger partial charge in [0.05, 0.1) is 12.2 Å². The van der Waals surface area contributed by atoms with E-state index in [1.165, 1.54) is 6.07 Å². The molecule has 1 aliphatic rings. The molecule has 1 atom stereocenters. The van der Waals surface area contributed by atoms with Gasteiger partial charge >= 0.3 is 0 Å². The number of hydrogen-bond acceptors (Lipinski definition) is 2. The minimum atomic E-state index is -0.540. The van der Waals surface area contributed by atoms with Gasteiger partial charge in [0.25, 0.3) is 0 Å². The van der Waals surface area contributed by atoms with Crippen LogP contribution in [0.15, 0.2) is 18.2 Å². The van der Waals surface area contributed by atoms with Crippen molar-refractivity contribution in [1.29, 1.82) is 0 Å². The molecule has 106 valence electrons. The fourth-order valence-corrected chi connectivity index (χ4v) is 2.91. The molecule has 2 rings (SSSR count). The predicted octanol–water partition coefficient (Wildman–Crippen LogP) is 3.59. The molecule has 4 heteroatoms. The zero-order valence-electron chi connectivity index (χ0n) is 11.1. The van der Waals surface area contributed by atoms with Gasteiger partial charge in [0, 0.05) is 23.6 Å². The van der Waals surface area contributed by atoms with Crippen molar-refractivity contribution in [2.75, 3.05) is 6.61 Å². The first-order valence-electron chi connectivity index (χ1n) is 6.82. The fourth-order valence-electron chi connectivity index (χ4n) is 2.67. The van der Waals surface area contributed by atoms with Gasteiger partial charge in [-0.2, -0.15) is 0 Å². The molecule has 0 aliphatic heterocycles. The lowest BCUT2D eigenvalue weighted by atomic mass is 9.78. The predicted molar refractivity (Wildman–Crippen MR) is 73.9 cm³/mol. The van der Waals surface area contributed by atoms with Crippen molar-refractivity contribution >= 4 is 11.6 Å². The molecule has 1 fully saturated rings. The van der Waals surface area contributed by atoms with Crippen molar-refractivity contribution in [3.63, 3.8) is 0 Å². The summed E-state index contributed by atoms with van der Waals surface area (Å²) in [7, 11) is 0. The van der Waals surface area contributed by atoms with Crippen molar-refractivity contribution in [1.82, 2.24) is 0 Å². The van der Waals surface area contributed by atoms with E-state index in [0.29, 0.717) is 29.0 Å². The molecule has 0 bridgehead atoms. The summed E-state index contributed by atoms with van der Waals surface area (Å²) < 4.78 is 19.1. The normalized spacial score (nSPS) is 24.0. The summed E-state index contributed by atoms with van der Waals surface area (Å²) in [6.07, 6.45) is 2.77. The van der Waals surface area contributed by atoms with E-state index in [1.54, 1.807) is 12.1 Å². The largest absolute Gasteiger partial charge is 0.393 e. The van der Waals surface area contributed by atoms with Gasteiger partial charge in [-0.05, 0) is 44.2 Å². The molecule has 0 radical (unpaired) electrons. The Morgan fingerprint density at radius 2 is 2.21 bits per heavy atom. The second kappa shape index (κ2) is 6.69. The Bertz CT molecular complexity index is 398.